The van der Waals surface area contributed by atoms with Gasteiger partial charge in [0, 0.05) is 27.7 Å². The average Bonchev–Trinajstić information content (AvgIpc) is 2.97. The Kier molecular flexibility index (Phi) is 15.0. The summed E-state index contributed by atoms with van der Waals surface area (Å²) in [5.41, 5.74) is 0.847. The second kappa shape index (κ2) is 18.1. The molecule has 1 aromatic rings. The maximum absolute atomic E-state index is 13.2. The fourth-order valence-corrected chi connectivity index (χ4v) is 5.52. The van der Waals surface area contributed by atoms with Crippen LogP contribution < -0.4 is 4.72 Å². The molecule has 1 aromatic carbocycles. The fraction of sp³-hybridized carbons (Fsp3) is 0.533. The van der Waals surface area contributed by atoms with Gasteiger partial charge in [0.25, 0.3) is 6.29 Å². The number of oxime groups is 1. The number of methoxy groups -OCH3 is 1. The first-order chi connectivity index (χ1) is 22.0. The summed E-state index contributed by atoms with van der Waals surface area (Å²) >= 11 is 0. The van der Waals surface area contributed by atoms with Crippen molar-refractivity contribution in [2.45, 2.75) is 89.6 Å². The molecule has 1 fully saturated rings. The van der Waals surface area contributed by atoms with Crippen molar-refractivity contribution in [1.29, 1.82) is 0 Å². The molecule has 0 unspecified atom stereocenters. The Morgan fingerprint density at radius 1 is 0.915 bits per heavy atom. The molecule has 0 aromatic heterocycles. The highest BCUT2D eigenvalue weighted by Gasteiger charge is 2.53. The Hall–Kier alpha value is -4.35. The van der Waals surface area contributed by atoms with Gasteiger partial charge >= 0.3 is 29.8 Å². The Morgan fingerprint density at radius 2 is 1.49 bits per heavy atom. The number of hydrogen-bond acceptors (Lipinski definition) is 15. The Labute approximate surface area is 272 Å². The molecule has 17 heteroatoms. The molecule has 16 nitrogen and oxygen atoms in total. The van der Waals surface area contributed by atoms with Gasteiger partial charge in [0.15, 0.2) is 12.2 Å². The lowest BCUT2D eigenvalue weighted by Gasteiger charge is -2.42. The van der Waals surface area contributed by atoms with Crippen LogP contribution in [0.1, 0.15) is 46.6 Å². The van der Waals surface area contributed by atoms with Gasteiger partial charge in [0.2, 0.25) is 16.1 Å². The second-order valence-electron chi connectivity index (χ2n) is 10.5. The molecule has 1 saturated heterocycles. The van der Waals surface area contributed by atoms with Crippen molar-refractivity contribution >= 4 is 46.1 Å². The number of rotatable bonds is 15. The highest BCUT2D eigenvalue weighted by molar-refractivity contribution is 7.89. The summed E-state index contributed by atoms with van der Waals surface area (Å²) in [6.07, 6.45) is -3.27. The molecular weight excluding hydrogens is 644 g/mol. The summed E-state index contributed by atoms with van der Waals surface area (Å²) in [6, 6.07) is 5.05. The van der Waals surface area contributed by atoms with Crippen molar-refractivity contribution in [3.8, 4) is 0 Å². The maximum Gasteiger partial charge on any atom is 0.309 e. The van der Waals surface area contributed by atoms with Gasteiger partial charge in [0.1, 0.15) is 12.7 Å². The van der Waals surface area contributed by atoms with Gasteiger partial charge in [-0.15, -0.1) is 0 Å². The van der Waals surface area contributed by atoms with Gasteiger partial charge in [-0.2, -0.15) is 0 Å². The number of nitrogens with one attached hydrogen (secondary N) is 1. The summed E-state index contributed by atoms with van der Waals surface area (Å²) in [5, 5.41) is 3.90. The van der Waals surface area contributed by atoms with Crippen LogP contribution in [0.15, 0.2) is 46.5 Å². The van der Waals surface area contributed by atoms with Crippen LogP contribution in [0.4, 0.5) is 0 Å². The summed E-state index contributed by atoms with van der Waals surface area (Å²) in [6.45, 7) is 7.32. The highest BCUT2D eigenvalue weighted by Crippen LogP contribution is 2.30. The van der Waals surface area contributed by atoms with E-state index in [2.05, 4.69) is 14.6 Å². The van der Waals surface area contributed by atoms with E-state index in [1.807, 2.05) is 0 Å². The van der Waals surface area contributed by atoms with E-state index in [0.717, 1.165) is 39.5 Å². The molecule has 0 amide bonds. The van der Waals surface area contributed by atoms with E-state index in [1.54, 1.807) is 32.1 Å². The molecule has 0 bridgehead atoms. The molecule has 7 atom stereocenters. The molecule has 1 N–H and O–H groups in total. The Balaban J connectivity index is 2.47. The van der Waals surface area contributed by atoms with E-state index in [9.17, 15) is 32.4 Å². The smallest absolute Gasteiger partial charge is 0.309 e. The minimum absolute atomic E-state index is 0.0206. The molecule has 1 aliphatic rings. The summed E-state index contributed by atoms with van der Waals surface area (Å²) in [7, 11) is -2.86. The van der Waals surface area contributed by atoms with Gasteiger partial charge in [-0.05, 0) is 25.0 Å². The molecular formula is C30H40N2O14S. The summed E-state index contributed by atoms with van der Waals surface area (Å²) in [4.78, 5) is 64.7. The van der Waals surface area contributed by atoms with Crippen molar-refractivity contribution in [3.63, 3.8) is 0 Å². The molecule has 1 heterocycles. The SMILES string of the molecule is COC(=O)C/C=C/[C@@H](C)[C@@H](/C=N/O[C@@H]1O[C@H](COC(C)=O)[C@@H](OC(C)=O)[C@H](OC(C)=O)[C@H]1OC(C)=O)NS(=O)(=O)c1ccc(C)cc1. The van der Waals surface area contributed by atoms with Crippen LogP contribution >= 0.6 is 0 Å². The number of sulfonamides is 1. The summed E-state index contributed by atoms with van der Waals surface area (Å²) in [5.74, 6) is -4.30. The predicted octanol–water partition coefficient (Wildman–Crippen LogP) is 1.48. The minimum Gasteiger partial charge on any atom is -0.469 e. The predicted molar refractivity (Wildman–Crippen MR) is 162 cm³/mol. The largest absolute Gasteiger partial charge is 0.469 e. The van der Waals surface area contributed by atoms with Gasteiger partial charge in [-0.1, -0.05) is 41.9 Å². The first-order valence-electron chi connectivity index (χ1n) is 14.4. The molecule has 0 aliphatic carbocycles. The molecule has 47 heavy (non-hydrogen) atoms. The summed E-state index contributed by atoms with van der Waals surface area (Å²) < 4.78 is 60.5. The zero-order valence-corrected chi connectivity index (χ0v) is 27.9. The first-order valence-corrected chi connectivity index (χ1v) is 15.8. The Bertz CT molecular complexity index is 1430. The van der Waals surface area contributed by atoms with Gasteiger partial charge in [-0.3, -0.25) is 24.0 Å². The molecule has 0 spiro atoms. The van der Waals surface area contributed by atoms with Crippen molar-refractivity contribution in [2.24, 2.45) is 11.1 Å². The van der Waals surface area contributed by atoms with Crippen molar-refractivity contribution in [3.05, 3.63) is 42.0 Å². The molecule has 260 valence electrons. The number of ether oxygens (including phenoxy) is 6. The van der Waals surface area contributed by atoms with Crippen LogP contribution in [-0.2, 0) is 67.3 Å². The van der Waals surface area contributed by atoms with E-state index in [1.165, 1.54) is 25.3 Å². The zero-order chi connectivity index (χ0) is 35.3. The molecule has 0 saturated carbocycles. The molecule has 0 radical (unpaired) electrons. The van der Waals surface area contributed by atoms with E-state index >= 15 is 0 Å². The first kappa shape index (κ1) is 38.8. The average molecular weight is 685 g/mol. The van der Waals surface area contributed by atoms with Crippen molar-refractivity contribution < 1.29 is 65.6 Å². The lowest BCUT2D eigenvalue weighted by molar-refractivity contribution is -0.308. The van der Waals surface area contributed by atoms with Crippen LogP contribution in [0.5, 0.6) is 0 Å². The standard InChI is InChI=1S/C30H40N2O14S/c1-17-11-13-23(14-12-17)47(38,39)32-24(18(2)9-8-10-26(37)40-7)15-31-46-30-29(44-22(6)36)28(43-21(5)35)27(42-20(4)34)25(45-30)16-41-19(3)33/h8-9,11-15,18,24-25,27-30,32H,10,16H2,1-7H3/b9-8+,31-15+/t18-,24-,25-,27-,28+,29-,30+/m1/s1. The Morgan fingerprint density at radius 3 is 2.04 bits per heavy atom. The van der Waals surface area contributed by atoms with Gasteiger partial charge < -0.3 is 33.3 Å². The number of carbonyl (C=O) groups excluding carboxylic acids is 5. The number of nitrogens with zero attached hydrogens (tertiary/aromatic N) is 1. The number of hydrogen-bond donors (Lipinski definition) is 1. The third-order valence-electron chi connectivity index (χ3n) is 6.48. The van der Waals surface area contributed by atoms with Crippen LogP contribution in [-0.4, -0.2) is 94.9 Å². The zero-order valence-electron chi connectivity index (χ0n) is 27.1. The normalized spacial score (nSPS) is 22.6. The maximum atomic E-state index is 13.2. The van der Waals surface area contributed by atoms with Crippen molar-refractivity contribution in [1.82, 2.24) is 4.72 Å². The van der Waals surface area contributed by atoms with Crippen LogP contribution in [0, 0.1) is 12.8 Å². The molecule has 2 rings (SSSR count). The topological polar surface area (TPSA) is 208 Å². The van der Waals surface area contributed by atoms with E-state index in [0.29, 0.717) is 0 Å². The van der Waals surface area contributed by atoms with Crippen molar-refractivity contribution in [2.75, 3.05) is 13.7 Å². The monoisotopic (exact) mass is 684 g/mol. The van der Waals surface area contributed by atoms with Crippen LogP contribution in [0.2, 0.25) is 0 Å². The number of esters is 5. The van der Waals surface area contributed by atoms with Crippen LogP contribution in [0.25, 0.3) is 0 Å². The number of aryl methyl sites for hydroxylation is 1. The number of benzene rings is 1. The minimum atomic E-state index is -4.09. The number of carbonyl (C=O) groups is 5. The molecule has 1 aliphatic heterocycles. The third kappa shape index (κ3) is 12.8. The third-order valence-corrected chi connectivity index (χ3v) is 7.95. The van der Waals surface area contributed by atoms with E-state index < -0.39 is 89.1 Å². The highest BCUT2D eigenvalue weighted by atomic mass is 32.2. The van der Waals surface area contributed by atoms with Crippen LogP contribution in [0.3, 0.4) is 0 Å². The lowest BCUT2D eigenvalue weighted by atomic mass is 9.98. The lowest BCUT2D eigenvalue weighted by Crippen LogP contribution is -2.62. The fourth-order valence-electron chi connectivity index (χ4n) is 4.25. The second-order valence-corrected chi connectivity index (χ2v) is 12.2. The van der Waals surface area contributed by atoms with Gasteiger partial charge in [-0.25, -0.2) is 13.1 Å². The quantitative estimate of drug-likeness (QED) is 0.0913. The van der Waals surface area contributed by atoms with E-state index in [4.69, 9.17) is 28.5 Å². The van der Waals surface area contributed by atoms with Gasteiger partial charge in [0.05, 0.1) is 30.7 Å². The van der Waals surface area contributed by atoms with E-state index in [-0.39, 0.29) is 11.3 Å².